The number of H-pyrrole nitrogens is 1. The monoisotopic (exact) mass is 294 g/mol. The second-order valence-electron chi connectivity index (χ2n) is 3.73. The number of rotatable bonds is 2. The minimum Gasteiger partial charge on any atom is -0.321 e. The summed E-state index contributed by atoms with van der Waals surface area (Å²) in [5.41, 5.74) is 3.15. The number of amides is 1. The summed E-state index contributed by atoms with van der Waals surface area (Å²) < 4.78 is 1.05. The second-order valence-corrected chi connectivity index (χ2v) is 4.53. The van der Waals surface area contributed by atoms with Gasteiger partial charge in [-0.05, 0) is 37.1 Å². The highest BCUT2D eigenvalue weighted by Gasteiger charge is 2.10. The lowest BCUT2D eigenvalue weighted by atomic mass is 10.1. The highest BCUT2D eigenvalue weighted by Crippen LogP contribution is 2.25. The molecule has 2 rings (SSSR count). The van der Waals surface area contributed by atoms with Crippen LogP contribution in [0.25, 0.3) is 0 Å². The van der Waals surface area contributed by atoms with E-state index in [9.17, 15) is 4.79 Å². The van der Waals surface area contributed by atoms with E-state index >= 15 is 0 Å². The normalized spacial score (nSPS) is 10.3. The van der Waals surface area contributed by atoms with Crippen molar-refractivity contribution in [2.45, 2.75) is 13.8 Å². The summed E-state index contributed by atoms with van der Waals surface area (Å²) in [7, 11) is 0. The molecule has 0 aliphatic heterocycles. The first-order valence-corrected chi connectivity index (χ1v) is 5.81. The predicted octanol–water partition coefficient (Wildman–Crippen LogP) is 2.44. The molecule has 0 saturated heterocycles. The van der Waals surface area contributed by atoms with Gasteiger partial charge in [0.2, 0.25) is 0 Å². The minimum absolute atomic E-state index is 0.267. The zero-order valence-electron chi connectivity index (χ0n) is 9.41. The Balaban J connectivity index is 2.22. The van der Waals surface area contributed by atoms with E-state index in [2.05, 4.69) is 36.7 Å². The Labute approximate surface area is 107 Å². The highest BCUT2D eigenvalue weighted by molar-refractivity contribution is 9.10. The Morgan fingerprint density at radius 3 is 2.53 bits per heavy atom. The number of carbonyl (C=O) groups excluding carboxylic acids is 1. The van der Waals surface area contributed by atoms with E-state index in [0.29, 0.717) is 0 Å². The van der Waals surface area contributed by atoms with E-state index in [1.54, 1.807) is 0 Å². The van der Waals surface area contributed by atoms with Crippen molar-refractivity contribution in [3.05, 3.63) is 39.6 Å². The third-order valence-electron chi connectivity index (χ3n) is 2.34. The van der Waals surface area contributed by atoms with Crippen LogP contribution < -0.4 is 5.32 Å². The lowest BCUT2D eigenvalue weighted by Crippen LogP contribution is -2.12. The first-order valence-electron chi connectivity index (χ1n) is 5.02. The molecule has 0 aliphatic carbocycles. The number of halogens is 1. The van der Waals surface area contributed by atoms with Crippen LogP contribution in [-0.2, 0) is 0 Å². The first-order chi connectivity index (χ1) is 8.08. The number of hydrogen-bond acceptors (Lipinski definition) is 3. The highest BCUT2D eigenvalue weighted by atomic mass is 79.9. The maximum absolute atomic E-state index is 11.7. The van der Waals surface area contributed by atoms with E-state index in [-0.39, 0.29) is 11.6 Å². The largest absolute Gasteiger partial charge is 0.321 e. The molecule has 1 heterocycles. The summed E-state index contributed by atoms with van der Waals surface area (Å²) in [6.45, 7) is 3.95. The van der Waals surface area contributed by atoms with E-state index in [4.69, 9.17) is 0 Å². The quantitative estimate of drug-likeness (QED) is 0.894. The summed E-state index contributed by atoms with van der Waals surface area (Å²) >= 11 is 3.48. The third-order valence-corrected chi connectivity index (χ3v) is 3.59. The number of nitrogens with zero attached hydrogens (tertiary/aromatic N) is 2. The van der Waals surface area contributed by atoms with E-state index in [1.165, 1.54) is 6.20 Å². The van der Waals surface area contributed by atoms with Crippen LogP contribution in [0.1, 0.15) is 21.6 Å². The molecule has 0 spiro atoms. The summed E-state index contributed by atoms with van der Waals surface area (Å²) in [5.74, 6) is -0.278. The Morgan fingerprint density at radius 2 is 2.00 bits per heavy atom. The molecule has 2 N–H and O–H groups in total. The molecule has 88 valence electrons. The van der Waals surface area contributed by atoms with Gasteiger partial charge in [-0.25, -0.2) is 0 Å². The molecular formula is C11H11BrN4O. The Morgan fingerprint density at radius 1 is 1.35 bits per heavy atom. The summed E-state index contributed by atoms with van der Waals surface area (Å²) in [6.07, 6.45) is 1.38. The molecule has 17 heavy (non-hydrogen) atoms. The number of benzene rings is 1. The molecular weight excluding hydrogens is 284 g/mol. The van der Waals surface area contributed by atoms with Crippen LogP contribution in [0.5, 0.6) is 0 Å². The average Bonchev–Trinajstić information content (AvgIpc) is 2.79. The fourth-order valence-corrected chi connectivity index (χ4v) is 1.75. The number of nitrogens with one attached hydrogen (secondary N) is 2. The molecule has 0 radical (unpaired) electrons. The maximum Gasteiger partial charge on any atom is 0.277 e. The number of aryl methyl sites for hydroxylation is 2. The predicted molar refractivity (Wildman–Crippen MR) is 68.0 cm³/mol. The van der Waals surface area contributed by atoms with Crippen molar-refractivity contribution < 1.29 is 4.79 Å². The van der Waals surface area contributed by atoms with Gasteiger partial charge < -0.3 is 5.32 Å². The summed E-state index contributed by atoms with van der Waals surface area (Å²) in [5, 5.41) is 12.5. The average molecular weight is 295 g/mol. The molecule has 1 aromatic heterocycles. The smallest absolute Gasteiger partial charge is 0.277 e. The SMILES string of the molecule is Cc1cc(NC(=O)c2cn[nH]n2)cc(C)c1Br. The van der Waals surface area contributed by atoms with Gasteiger partial charge in [-0.3, -0.25) is 4.79 Å². The van der Waals surface area contributed by atoms with Crippen molar-refractivity contribution in [3.8, 4) is 0 Å². The molecule has 0 aliphatic rings. The first kappa shape index (κ1) is 11.8. The number of aromatic nitrogens is 3. The van der Waals surface area contributed by atoms with Crippen molar-refractivity contribution in [2.24, 2.45) is 0 Å². The topological polar surface area (TPSA) is 70.7 Å². The van der Waals surface area contributed by atoms with Gasteiger partial charge in [-0.15, -0.1) is 0 Å². The van der Waals surface area contributed by atoms with E-state index in [1.807, 2.05) is 26.0 Å². The van der Waals surface area contributed by atoms with Crippen molar-refractivity contribution in [2.75, 3.05) is 5.32 Å². The number of aromatic amines is 1. The molecule has 0 unspecified atom stereocenters. The van der Waals surface area contributed by atoms with Crippen LogP contribution in [0, 0.1) is 13.8 Å². The fraction of sp³-hybridized carbons (Fsp3) is 0.182. The van der Waals surface area contributed by atoms with Crippen molar-refractivity contribution in [1.29, 1.82) is 0 Å². The van der Waals surface area contributed by atoms with Crippen LogP contribution in [-0.4, -0.2) is 21.3 Å². The lowest BCUT2D eigenvalue weighted by molar-refractivity contribution is 0.102. The minimum atomic E-state index is -0.278. The number of carbonyl (C=O) groups is 1. The maximum atomic E-state index is 11.7. The van der Waals surface area contributed by atoms with Crippen molar-refractivity contribution >= 4 is 27.5 Å². The van der Waals surface area contributed by atoms with Crippen molar-refractivity contribution in [1.82, 2.24) is 15.4 Å². The molecule has 0 fully saturated rings. The molecule has 1 aromatic carbocycles. The van der Waals surface area contributed by atoms with Gasteiger partial charge in [-0.1, -0.05) is 15.9 Å². The van der Waals surface area contributed by atoms with E-state index < -0.39 is 0 Å². The van der Waals surface area contributed by atoms with Gasteiger partial charge >= 0.3 is 0 Å². The van der Waals surface area contributed by atoms with Gasteiger partial charge in [0.1, 0.15) is 0 Å². The standard InChI is InChI=1S/C11H11BrN4O/c1-6-3-8(4-7(2)10(6)12)14-11(17)9-5-13-16-15-9/h3-5H,1-2H3,(H,14,17)(H,13,15,16). The van der Waals surface area contributed by atoms with Gasteiger partial charge in [-0.2, -0.15) is 15.4 Å². The van der Waals surface area contributed by atoms with Crippen LogP contribution in [0.15, 0.2) is 22.8 Å². The molecule has 5 nitrogen and oxygen atoms in total. The Hall–Kier alpha value is -1.69. The zero-order chi connectivity index (χ0) is 12.4. The zero-order valence-corrected chi connectivity index (χ0v) is 11.0. The van der Waals surface area contributed by atoms with Crippen LogP contribution in [0.3, 0.4) is 0 Å². The van der Waals surface area contributed by atoms with Crippen molar-refractivity contribution in [3.63, 3.8) is 0 Å². The van der Waals surface area contributed by atoms with Crippen LogP contribution in [0.4, 0.5) is 5.69 Å². The molecule has 2 aromatic rings. The molecule has 0 atom stereocenters. The van der Waals surface area contributed by atoms with Gasteiger partial charge in [0.05, 0.1) is 6.20 Å². The molecule has 1 amide bonds. The molecule has 6 heteroatoms. The number of hydrogen-bond donors (Lipinski definition) is 2. The second kappa shape index (κ2) is 4.67. The molecule has 0 bridgehead atoms. The lowest BCUT2D eigenvalue weighted by Gasteiger charge is -2.08. The van der Waals surface area contributed by atoms with Crippen LogP contribution in [0.2, 0.25) is 0 Å². The van der Waals surface area contributed by atoms with Gasteiger partial charge in [0.15, 0.2) is 5.69 Å². The fourth-order valence-electron chi connectivity index (χ4n) is 1.52. The van der Waals surface area contributed by atoms with Gasteiger partial charge in [0, 0.05) is 10.2 Å². The summed E-state index contributed by atoms with van der Waals surface area (Å²) in [4.78, 5) is 11.7. The third kappa shape index (κ3) is 2.52. The Bertz CT molecular complexity index is 528. The number of anilines is 1. The summed E-state index contributed by atoms with van der Waals surface area (Å²) in [6, 6.07) is 3.80. The Kier molecular flexibility index (Phi) is 3.23. The van der Waals surface area contributed by atoms with E-state index in [0.717, 1.165) is 21.3 Å². The molecule has 0 saturated carbocycles. The van der Waals surface area contributed by atoms with Crippen LogP contribution >= 0.6 is 15.9 Å². The van der Waals surface area contributed by atoms with Gasteiger partial charge in [0.25, 0.3) is 5.91 Å².